The maximum absolute atomic E-state index is 2.37. The Morgan fingerprint density at radius 3 is 1.88 bits per heavy atom. The van der Waals surface area contributed by atoms with Crippen molar-refractivity contribution in [2.45, 2.75) is 45.4 Å². The highest BCUT2D eigenvalue weighted by Crippen LogP contribution is 2.07. The molecule has 0 atom stereocenters. The van der Waals surface area contributed by atoms with Gasteiger partial charge < -0.3 is 26.4 Å². The molecule has 0 saturated carbocycles. The van der Waals surface area contributed by atoms with E-state index < -0.39 is 0 Å². The molecule has 0 aromatic heterocycles. The molecule has 2 nitrogen and oxygen atoms in total. The Hall–Kier alpha value is 0.400. The fraction of sp³-hybridized carbons (Fsp3) is 1.00. The second-order valence-corrected chi connectivity index (χ2v) is 5.95. The number of halogens is 1. The molecule has 0 rings (SSSR count). The smallest absolute Gasteiger partial charge is 0.0782 e. The lowest BCUT2D eigenvalue weighted by molar-refractivity contribution is -0.890. The van der Waals surface area contributed by atoms with Crippen LogP contribution in [0.3, 0.4) is 0 Å². The predicted octanol–water partition coefficient (Wildman–Crippen LogP) is -0.0111. The van der Waals surface area contributed by atoms with Crippen molar-refractivity contribution < 1.29 is 21.5 Å². The molecule has 0 bridgehead atoms. The van der Waals surface area contributed by atoms with Crippen molar-refractivity contribution in [2.24, 2.45) is 0 Å². The molecule has 0 N–H and O–H groups in total. The second-order valence-electron chi connectivity index (χ2n) is 5.95. The largest absolute Gasteiger partial charge is 1.00 e. The highest BCUT2D eigenvalue weighted by Gasteiger charge is 2.12. The van der Waals surface area contributed by atoms with Crippen molar-refractivity contribution in [2.75, 3.05) is 47.8 Å². The summed E-state index contributed by atoms with van der Waals surface area (Å²) in [4.78, 5) is 2.28. The Labute approximate surface area is 120 Å². The highest BCUT2D eigenvalue weighted by molar-refractivity contribution is 4.47. The van der Waals surface area contributed by atoms with Gasteiger partial charge in [0.2, 0.25) is 0 Å². The van der Waals surface area contributed by atoms with Gasteiger partial charge in [-0.3, -0.25) is 0 Å². The van der Waals surface area contributed by atoms with Crippen LogP contribution in [-0.2, 0) is 0 Å². The molecule has 0 unspecified atom stereocenters. The molecule has 0 amide bonds. The first kappa shape index (κ1) is 19.7. The molecule has 0 aliphatic rings. The summed E-state index contributed by atoms with van der Waals surface area (Å²) in [6.07, 6.45) is 8.24. The van der Waals surface area contributed by atoms with E-state index >= 15 is 0 Å². The first-order chi connectivity index (χ1) is 7.48. The second kappa shape index (κ2) is 11.5. The Morgan fingerprint density at radius 1 is 0.824 bits per heavy atom. The molecule has 17 heavy (non-hydrogen) atoms. The minimum absolute atomic E-state index is 0. The molecular weight excluding hydrogens is 276 g/mol. The van der Waals surface area contributed by atoms with Crippen LogP contribution in [0.25, 0.3) is 0 Å². The summed E-state index contributed by atoms with van der Waals surface area (Å²) in [5.41, 5.74) is 0. The van der Waals surface area contributed by atoms with Crippen molar-refractivity contribution in [1.29, 1.82) is 0 Å². The average Bonchev–Trinajstić information content (AvgIpc) is 2.20. The third-order valence-corrected chi connectivity index (χ3v) is 3.24. The summed E-state index contributed by atoms with van der Waals surface area (Å²) in [5, 5.41) is 0. The SMILES string of the molecule is CCCC[N+](C)(C)CCCCCCN(C)C.[Br-]. The summed E-state index contributed by atoms with van der Waals surface area (Å²) < 4.78 is 1.21. The van der Waals surface area contributed by atoms with Crippen LogP contribution < -0.4 is 17.0 Å². The zero-order valence-electron chi connectivity index (χ0n) is 12.6. The lowest BCUT2D eigenvalue weighted by Crippen LogP contribution is -3.00. The van der Waals surface area contributed by atoms with Gasteiger partial charge in [-0.25, -0.2) is 0 Å². The maximum Gasteiger partial charge on any atom is 0.0782 e. The first-order valence-electron chi connectivity index (χ1n) is 6.94. The van der Waals surface area contributed by atoms with E-state index in [0.29, 0.717) is 0 Å². The van der Waals surface area contributed by atoms with Gasteiger partial charge in [-0.1, -0.05) is 19.8 Å². The van der Waals surface area contributed by atoms with Gasteiger partial charge in [0.25, 0.3) is 0 Å². The van der Waals surface area contributed by atoms with Gasteiger partial charge in [-0.2, -0.15) is 0 Å². The number of hydrogen-bond acceptors (Lipinski definition) is 1. The van der Waals surface area contributed by atoms with Crippen molar-refractivity contribution in [1.82, 2.24) is 4.90 Å². The Kier molecular flexibility index (Phi) is 13.3. The molecule has 0 saturated heterocycles. The molecule has 106 valence electrons. The van der Waals surface area contributed by atoms with Crippen molar-refractivity contribution in [3.8, 4) is 0 Å². The molecule has 0 fully saturated rings. The summed E-state index contributed by atoms with van der Waals surface area (Å²) in [6.45, 7) is 6.21. The Morgan fingerprint density at radius 2 is 1.35 bits per heavy atom. The fourth-order valence-corrected chi connectivity index (χ4v) is 2.02. The van der Waals surface area contributed by atoms with Gasteiger partial charge in [0.1, 0.15) is 0 Å². The van der Waals surface area contributed by atoms with Gasteiger partial charge >= 0.3 is 0 Å². The number of rotatable bonds is 10. The number of hydrogen-bond donors (Lipinski definition) is 0. The quantitative estimate of drug-likeness (QED) is 0.405. The van der Waals surface area contributed by atoms with Crippen LogP contribution >= 0.6 is 0 Å². The zero-order valence-corrected chi connectivity index (χ0v) is 14.2. The third kappa shape index (κ3) is 14.3. The number of unbranched alkanes of at least 4 members (excludes halogenated alkanes) is 4. The van der Waals surface area contributed by atoms with Crippen LogP contribution in [0, 0.1) is 0 Å². The van der Waals surface area contributed by atoms with Gasteiger partial charge in [0.05, 0.1) is 27.2 Å². The standard InChI is InChI=1S/C14H33N2.BrH/c1-6-7-13-16(4,5)14-11-9-8-10-12-15(2)3;/h6-14H2,1-5H3;1H/q+1;/p-1. The van der Waals surface area contributed by atoms with Crippen LogP contribution in [0.2, 0.25) is 0 Å². The minimum atomic E-state index is 0. The minimum Gasteiger partial charge on any atom is -1.00 e. The van der Waals surface area contributed by atoms with Gasteiger partial charge in [0, 0.05) is 0 Å². The van der Waals surface area contributed by atoms with E-state index in [1.54, 1.807) is 0 Å². The molecule has 3 heteroatoms. The molecule has 0 radical (unpaired) electrons. The first-order valence-corrected chi connectivity index (χ1v) is 6.94. The van der Waals surface area contributed by atoms with E-state index in [0.717, 1.165) is 0 Å². The highest BCUT2D eigenvalue weighted by atomic mass is 79.9. The molecule has 0 spiro atoms. The van der Waals surface area contributed by atoms with Crippen LogP contribution in [0.5, 0.6) is 0 Å². The Balaban J connectivity index is 0. The fourth-order valence-electron chi connectivity index (χ4n) is 2.02. The van der Waals surface area contributed by atoms with E-state index in [9.17, 15) is 0 Å². The van der Waals surface area contributed by atoms with E-state index in [-0.39, 0.29) is 17.0 Å². The van der Waals surface area contributed by atoms with Crippen molar-refractivity contribution in [3.63, 3.8) is 0 Å². The molecular formula is C14H33BrN2. The van der Waals surface area contributed by atoms with E-state index in [2.05, 4.69) is 40.0 Å². The van der Waals surface area contributed by atoms with Crippen LogP contribution in [0.1, 0.15) is 45.4 Å². The summed E-state index contributed by atoms with van der Waals surface area (Å²) >= 11 is 0. The van der Waals surface area contributed by atoms with Crippen LogP contribution in [0.4, 0.5) is 0 Å². The lowest BCUT2D eigenvalue weighted by Gasteiger charge is -2.29. The van der Waals surface area contributed by atoms with E-state index in [4.69, 9.17) is 0 Å². The molecule has 0 aromatic rings. The number of quaternary nitrogens is 1. The number of nitrogens with zero attached hydrogens (tertiary/aromatic N) is 2. The summed E-state index contributed by atoms with van der Waals surface area (Å²) in [6, 6.07) is 0. The van der Waals surface area contributed by atoms with Gasteiger partial charge in [-0.15, -0.1) is 0 Å². The zero-order chi connectivity index (χ0) is 12.4. The van der Waals surface area contributed by atoms with Crippen molar-refractivity contribution >= 4 is 0 Å². The monoisotopic (exact) mass is 308 g/mol. The Bertz CT molecular complexity index is 158. The van der Waals surface area contributed by atoms with Gasteiger partial charge in [0.15, 0.2) is 0 Å². The topological polar surface area (TPSA) is 3.24 Å². The molecule has 0 heterocycles. The molecule has 0 aliphatic heterocycles. The molecule has 0 aliphatic carbocycles. The third-order valence-electron chi connectivity index (χ3n) is 3.24. The van der Waals surface area contributed by atoms with Gasteiger partial charge in [-0.05, 0) is 46.3 Å². The lowest BCUT2D eigenvalue weighted by atomic mass is 10.1. The molecule has 0 aromatic carbocycles. The van der Waals surface area contributed by atoms with E-state index in [1.807, 2.05) is 0 Å². The predicted molar refractivity (Wildman–Crippen MR) is 73.8 cm³/mol. The van der Waals surface area contributed by atoms with Crippen molar-refractivity contribution in [3.05, 3.63) is 0 Å². The summed E-state index contributed by atoms with van der Waals surface area (Å²) in [5.74, 6) is 0. The van der Waals surface area contributed by atoms with Crippen LogP contribution in [-0.4, -0.2) is 57.2 Å². The average molecular weight is 309 g/mol. The summed E-state index contributed by atoms with van der Waals surface area (Å²) in [7, 11) is 9.06. The maximum atomic E-state index is 2.37. The normalized spacial score (nSPS) is 11.6. The van der Waals surface area contributed by atoms with E-state index in [1.165, 1.54) is 62.6 Å². The van der Waals surface area contributed by atoms with Crippen LogP contribution in [0.15, 0.2) is 0 Å².